The zero-order valence-corrected chi connectivity index (χ0v) is 17.1. The summed E-state index contributed by atoms with van der Waals surface area (Å²) < 4.78 is 3.82. The van der Waals surface area contributed by atoms with Gasteiger partial charge in [-0.15, -0.1) is 0 Å². The molecule has 0 aliphatic rings. The van der Waals surface area contributed by atoms with E-state index in [0.29, 0.717) is 22.6 Å². The molecule has 0 spiro atoms. The number of imidazole rings is 1. The van der Waals surface area contributed by atoms with E-state index in [9.17, 15) is 9.59 Å². The predicted molar refractivity (Wildman–Crippen MR) is 116 cm³/mol. The number of hydrogen-bond acceptors (Lipinski definition) is 3. The largest absolute Gasteiger partial charge is 0.331 e. The van der Waals surface area contributed by atoms with Gasteiger partial charge in [0.25, 0.3) is 5.91 Å². The molecule has 2 heterocycles. The van der Waals surface area contributed by atoms with E-state index in [4.69, 9.17) is 0 Å². The van der Waals surface area contributed by atoms with Gasteiger partial charge in [-0.3, -0.25) is 9.59 Å². The molecule has 4 aromatic rings. The predicted octanol–water partition coefficient (Wildman–Crippen LogP) is 4.31. The highest BCUT2D eigenvalue weighted by Crippen LogP contribution is 2.18. The molecule has 2 aromatic carbocycles. The fourth-order valence-electron chi connectivity index (χ4n) is 3.46. The highest BCUT2D eigenvalue weighted by atomic mass is 16.1. The van der Waals surface area contributed by atoms with E-state index in [1.54, 1.807) is 48.3 Å². The summed E-state index contributed by atoms with van der Waals surface area (Å²) in [4.78, 5) is 29.2. The van der Waals surface area contributed by atoms with Crippen LogP contribution in [0.5, 0.6) is 0 Å². The third-order valence-corrected chi connectivity index (χ3v) is 5.09. The van der Waals surface area contributed by atoms with E-state index >= 15 is 0 Å². The summed E-state index contributed by atoms with van der Waals surface area (Å²) in [6, 6.07) is 18.4. The molecule has 30 heavy (non-hydrogen) atoms. The average molecular weight is 398 g/mol. The minimum atomic E-state index is -0.203. The second kappa shape index (κ2) is 7.83. The van der Waals surface area contributed by atoms with Crippen molar-refractivity contribution >= 4 is 17.4 Å². The first-order chi connectivity index (χ1) is 14.4. The third-order valence-electron chi connectivity index (χ3n) is 5.09. The Bertz CT molecular complexity index is 1200. The van der Waals surface area contributed by atoms with Gasteiger partial charge in [0.05, 0.1) is 0 Å². The maximum absolute atomic E-state index is 12.6. The Balaban J connectivity index is 1.46. The van der Waals surface area contributed by atoms with Gasteiger partial charge in [-0.1, -0.05) is 0 Å². The molecule has 0 saturated heterocycles. The number of carbonyl (C=O) groups is 2. The van der Waals surface area contributed by atoms with Gasteiger partial charge in [-0.05, 0) is 74.5 Å². The Labute approximate surface area is 174 Å². The number of hydrogen-bond donors (Lipinski definition) is 1. The molecule has 6 nitrogen and oxygen atoms in total. The lowest BCUT2D eigenvalue weighted by Crippen LogP contribution is -2.13. The van der Waals surface area contributed by atoms with Crippen LogP contribution in [-0.4, -0.2) is 25.8 Å². The van der Waals surface area contributed by atoms with Crippen molar-refractivity contribution < 1.29 is 9.59 Å². The summed E-state index contributed by atoms with van der Waals surface area (Å²) in [5.74, 6) is 0.0114. The van der Waals surface area contributed by atoms with E-state index < -0.39 is 0 Å². The monoisotopic (exact) mass is 398 g/mol. The number of nitrogens with one attached hydrogen (secondary N) is 1. The van der Waals surface area contributed by atoms with Crippen molar-refractivity contribution in [1.29, 1.82) is 0 Å². The summed E-state index contributed by atoms with van der Waals surface area (Å²) in [5, 5.41) is 2.87. The molecule has 2 aromatic heterocycles. The van der Waals surface area contributed by atoms with Crippen molar-refractivity contribution in [2.24, 2.45) is 7.05 Å². The summed E-state index contributed by atoms with van der Waals surface area (Å²) in [5.41, 5.74) is 5.01. The average Bonchev–Trinajstić information content (AvgIpc) is 3.33. The molecule has 0 fully saturated rings. The van der Waals surface area contributed by atoms with Crippen LogP contribution in [0.1, 0.15) is 37.9 Å². The van der Waals surface area contributed by atoms with E-state index in [2.05, 4.69) is 40.8 Å². The van der Waals surface area contributed by atoms with Crippen LogP contribution < -0.4 is 5.32 Å². The van der Waals surface area contributed by atoms with E-state index in [1.807, 2.05) is 24.3 Å². The number of amides is 1. The van der Waals surface area contributed by atoms with Gasteiger partial charge in [-0.2, -0.15) is 0 Å². The third kappa shape index (κ3) is 3.67. The molecular weight excluding hydrogens is 376 g/mol. The summed E-state index contributed by atoms with van der Waals surface area (Å²) in [7, 11) is 1.78. The normalized spacial score (nSPS) is 10.8. The van der Waals surface area contributed by atoms with Crippen LogP contribution in [0.4, 0.5) is 5.69 Å². The van der Waals surface area contributed by atoms with Crippen LogP contribution >= 0.6 is 0 Å². The zero-order valence-electron chi connectivity index (χ0n) is 17.1. The Morgan fingerprint density at radius 2 is 1.43 bits per heavy atom. The van der Waals surface area contributed by atoms with Crippen molar-refractivity contribution in [3.63, 3.8) is 0 Å². The van der Waals surface area contributed by atoms with E-state index in [-0.39, 0.29) is 11.7 Å². The summed E-state index contributed by atoms with van der Waals surface area (Å²) in [6.07, 6.45) is 3.32. The first-order valence-corrected chi connectivity index (χ1v) is 9.63. The van der Waals surface area contributed by atoms with Gasteiger partial charge >= 0.3 is 0 Å². The lowest BCUT2D eigenvalue weighted by atomic mass is 10.1. The molecule has 0 radical (unpaired) electrons. The second-order valence-electron chi connectivity index (χ2n) is 7.22. The first-order valence-electron chi connectivity index (χ1n) is 9.63. The molecule has 1 amide bonds. The SMILES string of the molecule is Cc1ccc(C)n1-c1ccc(C(=O)Nc2ccc(C(=O)c3nccn3C)cc2)cc1. The first kappa shape index (κ1) is 19.4. The molecule has 4 rings (SSSR count). The Hall–Kier alpha value is -3.93. The molecule has 0 saturated carbocycles. The molecular formula is C24H22N4O2. The zero-order chi connectivity index (χ0) is 21.3. The van der Waals surface area contributed by atoms with Crippen molar-refractivity contribution in [1.82, 2.24) is 14.1 Å². The van der Waals surface area contributed by atoms with E-state index in [0.717, 1.165) is 17.1 Å². The van der Waals surface area contributed by atoms with Gasteiger partial charge in [-0.25, -0.2) is 4.98 Å². The van der Waals surface area contributed by atoms with Gasteiger partial charge in [0.2, 0.25) is 5.78 Å². The van der Waals surface area contributed by atoms with Crippen LogP contribution in [-0.2, 0) is 7.05 Å². The highest BCUT2D eigenvalue weighted by Gasteiger charge is 2.14. The fraction of sp³-hybridized carbons (Fsp3) is 0.125. The van der Waals surface area contributed by atoms with Crippen molar-refractivity contribution in [3.8, 4) is 5.69 Å². The lowest BCUT2D eigenvalue weighted by molar-refractivity contribution is 0.102. The lowest BCUT2D eigenvalue weighted by Gasteiger charge is -2.11. The smallest absolute Gasteiger partial charge is 0.255 e. The molecule has 0 aliphatic heterocycles. The van der Waals surface area contributed by atoms with Gasteiger partial charge < -0.3 is 14.5 Å². The van der Waals surface area contributed by atoms with Crippen LogP contribution in [0.15, 0.2) is 73.1 Å². The number of ketones is 1. The number of aryl methyl sites for hydroxylation is 3. The minimum Gasteiger partial charge on any atom is -0.331 e. The maximum Gasteiger partial charge on any atom is 0.255 e. The molecule has 0 bridgehead atoms. The molecule has 0 unspecified atom stereocenters. The van der Waals surface area contributed by atoms with Gasteiger partial charge in [0, 0.05) is 53.3 Å². The summed E-state index contributed by atoms with van der Waals surface area (Å²) in [6.45, 7) is 4.10. The molecule has 150 valence electrons. The second-order valence-corrected chi connectivity index (χ2v) is 7.22. The molecule has 0 aliphatic carbocycles. The number of rotatable bonds is 5. The Morgan fingerprint density at radius 1 is 0.833 bits per heavy atom. The Kier molecular flexibility index (Phi) is 5.06. The topological polar surface area (TPSA) is 68.9 Å². The number of carbonyl (C=O) groups excluding carboxylic acids is 2. The summed E-state index contributed by atoms with van der Waals surface area (Å²) >= 11 is 0. The molecule has 6 heteroatoms. The number of benzene rings is 2. The van der Waals surface area contributed by atoms with Gasteiger partial charge in [0.15, 0.2) is 5.82 Å². The van der Waals surface area contributed by atoms with Gasteiger partial charge in [0.1, 0.15) is 0 Å². The number of aromatic nitrogens is 3. The quantitative estimate of drug-likeness (QED) is 0.509. The van der Waals surface area contributed by atoms with E-state index in [1.165, 1.54) is 0 Å². The van der Waals surface area contributed by atoms with Crippen molar-refractivity contribution in [3.05, 3.63) is 101 Å². The maximum atomic E-state index is 12.6. The fourth-order valence-corrected chi connectivity index (χ4v) is 3.46. The minimum absolute atomic E-state index is 0.161. The van der Waals surface area contributed by atoms with Crippen LogP contribution in [0.3, 0.4) is 0 Å². The van der Waals surface area contributed by atoms with Crippen molar-refractivity contribution in [2.75, 3.05) is 5.32 Å². The van der Waals surface area contributed by atoms with Crippen molar-refractivity contribution in [2.45, 2.75) is 13.8 Å². The Morgan fingerprint density at radius 3 is 2.00 bits per heavy atom. The molecule has 1 N–H and O–H groups in total. The van der Waals surface area contributed by atoms with Crippen LogP contribution in [0.25, 0.3) is 5.69 Å². The van der Waals surface area contributed by atoms with Crippen LogP contribution in [0.2, 0.25) is 0 Å². The standard InChI is InChI=1S/C24H22N4O2/c1-16-4-5-17(2)28(16)21-12-8-19(9-13-21)24(30)26-20-10-6-18(7-11-20)22(29)23-25-14-15-27(23)3/h4-15H,1-3H3,(H,26,30). The number of anilines is 1. The highest BCUT2D eigenvalue weighted by molar-refractivity contribution is 6.07. The van der Waals surface area contributed by atoms with Crippen LogP contribution in [0, 0.1) is 13.8 Å². The number of nitrogens with zero attached hydrogens (tertiary/aromatic N) is 3. The molecule has 0 atom stereocenters.